The van der Waals surface area contributed by atoms with Crippen LogP contribution in [0.15, 0.2) is 64.2 Å². The Hall–Kier alpha value is -2.60. The summed E-state index contributed by atoms with van der Waals surface area (Å²) in [6, 6.07) is 18.8. The average Bonchev–Trinajstić information content (AvgIpc) is 3.22. The maximum Gasteiger partial charge on any atom is 0.226 e. The third kappa shape index (κ3) is 3.58. The van der Waals surface area contributed by atoms with Crippen molar-refractivity contribution < 1.29 is 4.42 Å². The van der Waals surface area contributed by atoms with Crippen molar-refractivity contribution in [1.29, 1.82) is 0 Å². The first-order chi connectivity index (χ1) is 12.3. The van der Waals surface area contributed by atoms with Gasteiger partial charge >= 0.3 is 0 Å². The Labute approximate surface area is 150 Å². The number of nitrogens with zero attached hydrogens (tertiary/aromatic N) is 4. The highest BCUT2D eigenvalue weighted by atomic mass is 32.2. The van der Waals surface area contributed by atoms with Gasteiger partial charge in [0.1, 0.15) is 0 Å². The van der Waals surface area contributed by atoms with Crippen LogP contribution in [0.5, 0.6) is 0 Å². The van der Waals surface area contributed by atoms with E-state index in [4.69, 9.17) is 9.40 Å². The largest absolute Gasteiger partial charge is 0.425 e. The maximum atomic E-state index is 5.47. The molecule has 0 aliphatic carbocycles. The second kappa shape index (κ2) is 7.11. The molecule has 126 valence electrons. The molecule has 0 radical (unpaired) electrons. The molecule has 2 aromatic carbocycles. The van der Waals surface area contributed by atoms with Crippen LogP contribution < -0.4 is 0 Å². The summed E-state index contributed by atoms with van der Waals surface area (Å²) in [6.45, 7) is 2.69. The summed E-state index contributed by atoms with van der Waals surface area (Å²) in [5.41, 5.74) is 3.49. The molecule has 4 rings (SSSR count). The minimum absolute atomic E-state index is 0.591. The summed E-state index contributed by atoms with van der Waals surface area (Å²) in [5.74, 6) is 1.84. The fourth-order valence-corrected chi connectivity index (χ4v) is 3.66. The van der Waals surface area contributed by atoms with Gasteiger partial charge in [0.25, 0.3) is 0 Å². The zero-order valence-electron chi connectivity index (χ0n) is 13.9. The summed E-state index contributed by atoms with van der Waals surface area (Å²) >= 11 is 1.63. The molecule has 0 bridgehead atoms. The Morgan fingerprint density at radius 1 is 1.00 bits per heavy atom. The predicted molar refractivity (Wildman–Crippen MR) is 98.5 cm³/mol. The number of rotatable bonds is 6. The molecule has 0 aliphatic rings. The molecule has 6 heteroatoms. The van der Waals surface area contributed by atoms with Crippen LogP contribution in [0.4, 0.5) is 0 Å². The molecule has 0 amide bonds. The zero-order chi connectivity index (χ0) is 17.1. The van der Waals surface area contributed by atoms with Gasteiger partial charge in [0.05, 0.1) is 16.8 Å². The molecule has 2 aromatic heterocycles. The molecule has 4 aromatic rings. The fraction of sp³-hybridized carbons (Fsp3) is 0.211. The van der Waals surface area contributed by atoms with E-state index in [0.29, 0.717) is 17.5 Å². The summed E-state index contributed by atoms with van der Waals surface area (Å²) in [6.07, 6.45) is 0.967. The molecule has 0 spiro atoms. The van der Waals surface area contributed by atoms with E-state index < -0.39 is 0 Å². The normalized spacial score (nSPS) is 11.2. The van der Waals surface area contributed by atoms with Gasteiger partial charge in [-0.3, -0.25) is 0 Å². The van der Waals surface area contributed by atoms with Crippen LogP contribution in [0, 0.1) is 6.92 Å². The molecule has 0 saturated heterocycles. The van der Waals surface area contributed by atoms with Gasteiger partial charge in [-0.15, -0.1) is 10.2 Å². The number of hydrogen-bond donors (Lipinski definition) is 0. The Kier molecular flexibility index (Phi) is 4.52. The number of para-hydroxylation sites is 2. The molecule has 0 fully saturated rings. The standard InChI is InChI=1S/C19H18N4OS/c1-14-21-22-18(24-14)13-25-19-20-16-9-5-6-10-17(16)23(19)12-11-15-7-3-2-4-8-15/h2-10H,11-13H2,1H3. The lowest BCUT2D eigenvalue weighted by Crippen LogP contribution is -2.03. The maximum absolute atomic E-state index is 5.47. The van der Waals surface area contributed by atoms with Gasteiger partial charge in [0.2, 0.25) is 11.8 Å². The predicted octanol–water partition coefficient (Wildman–Crippen LogP) is 4.26. The van der Waals surface area contributed by atoms with Crippen LogP contribution in [-0.4, -0.2) is 19.7 Å². The number of fused-ring (bicyclic) bond motifs is 1. The Morgan fingerprint density at radius 2 is 1.80 bits per heavy atom. The molecule has 0 atom stereocenters. The number of aromatic nitrogens is 4. The minimum Gasteiger partial charge on any atom is -0.425 e. The topological polar surface area (TPSA) is 56.7 Å². The molecule has 0 unspecified atom stereocenters. The Balaban J connectivity index is 1.58. The smallest absolute Gasteiger partial charge is 0.226 e. The van der Waals surface area contributed by atoms with E-state index in [1.54, 1.807) is 18.7 Å². The van der Waals surface area contributed by atoms with E-state index in [1.165, 1.54) is 5.56 Å². The minimum atomic E-state index is 0.591. The van der Waals surface area contributed by atoms with Crippen molar-refractivity contribution in [3.63, 3.8) is 0 Å². The van der Waals surface area contributed by atoms with Crippen molar-refractivity contribution in [3.8, 4) is 0 Å². The summed E-state index contributed by atoms with van der Waals surface area (Å²) < 4.78 is 7.74. The van der Waals surface area contributed by atoms with Crippen LogP contribution in [0.1, 0.15) is 17.3 Å². The van der Waals surface area contributed by atoms with Crippen LogP contribution in [0.2, 0.25) is 0 Å². The van der Waals surface area contributed by atoms with Gasteiger partial charge < -0.3 is 8.98 Å². The summed E-state index contributed by atoms with van der Waals surface area (Å²) in [7, 11) is 0. The molecule has 0 N–H and O–H groups in total. The van der Waals surface area contributed by atoms with Crippen molar-refractivity contribution in [2.45, 2.75) is 30.8 Å². The first-order valence-corrected chi connectivity index (χ1v) is 9.19. The van der Waals surface area contributed by atoms with Crippen LogP contribution in [-0.2, 0) is 18.7 Å². The van der Waals surface area contributed by atoms with E-state index in [2.05, 4.69) is 57.2 Å². The van der Waals surface area contributed by atoms with Crippen molar-refractivity contribution >= 4 is 22.8 Å². The van der Waals surface area contributed by atoms with Gasteiger partial charge in [0, 0.05) is 13.5 Å². The number of hydrogen-bond acceptors (Lipinski definition) is 5. The highest BCUT2D eigenvalue weighted by Gasteiger charge is 2.13. The number of benzene rings is 2. The van der Waals surface area contributed by atoms with Gasteiger partial charge in [-0.25, -0.2) is 4.98 Å². The average molecular weight is 350 g/mol. The van der Waals surface area contributed by atoms with Gasteiger partial charge in [-0.05, 0) is 24.1 Å². The van der Waals surface area contributed by atoms with E-state index in [9.17, 15) is 0 Å². The monoisotopic (exact) mass is 350 g/mol. The number of thioether (sulfide) groups is 1. The van der Waals surface area contributed by atoms with Crippen LogP contribution in [0.3, 0.4) is 0 Å². The first kappa shape index (κ1) is 15.9. The van der Waals surface area contributed by atoms with E-state index in [1.807, 2.05) is 12.1 Å². The molecular weight excluding hydrogens is 332 g/mol. The van der Waals surface area contributed by atoms with E-state index in [0.717, 1.165) is 29.2 Å². The first-order valence-electron chi connectivity index (χ1n) is 8.20. The van der Waals surface area contributed by atoms with Crippen molar-refractivity contribution in [1.82, 2.24) is 19.7 Å². The second-order valence-corrected chi connectivity index (χ2v) is 6.72. The molecule has 0 aliphatic heterocycles. The van der Waals surface area contributed by atoms with Crippen LogP contribution in [0.25, 0.3) is 11.0 Å². The van der Waals surface area contributed by atoms with Gasteiger partial charge in [-0.1, -0.05) is 54.2 Å². The third-order valence-electron chi connectivity index (χ3n) is 3.98. The SMILES string of the molecule is Cc1nnc(CSc2nc3ccccc3n2CCc2ccccc2)o1. The second-order valence-electron chi connectivity index (χ2n) is 5.77. The summed E-state index contributed by atoms with van der Waals surface area (Å²) in [4.78, 5) is 4.78. The van der Waals surface area contributed by atoms with Gasteiger partial charge in [0.15, 0.2) is 5.16 Å². The molecular formula is C19H18N4OS. The third-order valence-corrected chi connectivity index (χ3v) is 4.94. The number of imidazole rings is 1. The highest BCUT2D eigenvalue weighted by Crippen LogP contribution is 2.27. The molecule has 0 saturated carbocycles. The lowest BCUT2D eigenvalue weighted by Gasteiger charge is -2.08. The molecule has 2 heterocycles. The lowest BCUT2D eigenvalue weighted by atomic mass is 10.1. The van der Waals surface area contributed by atoms with Crippen molar-refractivity contribution in [2.24, 2.45) is 0 Å². The highest BCUT2D eigenvalue weighted by molar-refractivity contribution is 7.98. The molecule has 25 heavy (non-hydrogen) atoms. The van der Waals surface area contributed by atoms with E-state index >= 15 is 0 Å². The summed E-state index contributed by atoms with van der Waals surface area (Å²) in [5, 5.41) is 8.93. The van der Waals surface area contributed by atoms with Gasteiger partial charge in [-0.2, -0.15) is 0 Å². The zero-order valence-corrected chi connectivity index (χ0v) is 14.7. The van der Waals surface area contributed by atoms with Crippen molar-refractivity contribution in [3.05, 3.63) is 71.9 Å². The molecule has 5 nitrogen and oxygen atoms in total. The Morgan fingerprint density at radius 3 is 2.60 bits per heavy atom. The Bertz CT molecular complexity index is 977. The van der Waals surface area contributed by atoms with Crippen LogP contribution >= 0.6 is 11.8 Å². The van der Waals surface area contributed by atoms with Crippen molar-refractivity contribution in [2.75, 3.05) is 0 Å². The lowest BCUT2D eigenvalue weighted by molar-refractivity contribution is 0.485. The fourth-order valence-electron chi connectivity index (χ4n) is 2.79. The quantitative estimate of drug-likeness (QED) is 0.486. The van der Waals surface area contributed by atoms with E-state index in [-0.39, 0.29) is 0 Å². The number of aryl methyl sites for hydroxylation is 3.